The predicted molar refractivity (Wildman–Crippen MR) is 282 cm³/mol. The van der Waals surface area contributed by atoms with Crippen LogP contribution >= 0.6 is 21.6 Å². The Morgan fingerprint density at radius 1 is 0.675 bits per heavy atom. The van der Waals surface area contributed by atoms with E-state index < -0.39 is 157 Å². The number of benzene rings is 2. The number of hydrogen-bond acceptors (Lipinski definition) is 19. The number of amides is 10. The van der Waals surface area contributed by atoms with Gasteiger partial charge < -0.3 is 71.0 Å². The standard InChI is InChI=1S/C48H68N14O13S2/c49-17-5-4-9-30(43(70)54-23-39(53)66)61-62-18-6-10-36(62)42(69)41(68)34-24-76-77-25-35(55-40(67)22-50)48(75)58-32(20-27-11-13-28(63)14-12-27)46(73)57-31(19-26-7-2-1-3-8-26)45(72)56-29(15-16-37(51)64)44(71)59-33(21-38(52)65)47(74)60-34/h1-3,7-8,11-14,29-36,61,63H,4-6,9-10,15-25,49-50H2,(H2,51,64)(H2,52,65)(H2,53,66)(H,54,70)(H,55,67)(H,56,72)(H,57,73)(H,58,75)(H,59,71)(H,60,74)/t29-,30-,31-,32-,33-,34-,35-,36-/m0/s1. The minimum Gasteiger partial charge on any atom is -0.508 e. The van der Waals surface area contributed by atoms with Gasteiger partial charge in [-0.3, -0.25) is 57.5 Å². The van der Waals surface area contributed by atoms with Crippen LogP contribution < -0.4 is 71.3 Å². The Bertz CT molecular complexity index is 2440. The molecule has 2 aliphatic rings. The number of Topliss-reactive ketones (excluding diaryl/α,β-unsaturated/α-hetero) is 2. The van der Waals surface area contributed by atoms with Crippen molar-refractivity contribution in [2.24, 2.45) is 28.7 Å². The molecule has 19 N–H and O–H groups in total. The van der Waals surface area contributed by atoms with Crippen LogP contribution in [-0.4, -0.2) is 167 Å². The number of ketones is 2. The number of unbranched alkanes of at least 4 members (excludes halogenated alkanes) is 1. The van der Waals surface area contributed by atoms with E-state index in [4.69, 9.17) is 28.7 Å². The van der Waals surface area contributed by atoms with Crippen LogP contribution in [0.1, 0.15) is 62.5 Å². The van der Waals surface area contributed by atoms with Crippen LogP contribution in [0.4, 0.5) is 0 Å². The van der Waals surface area contributed by atoms with E-state index in [-0.39, 0.29) is 43.7 Å². The number of phenolic OH excluding ortho intramolecular Hbond substituents is 1. The van der Waals surface area contributed by atoms with Crippen molar-refractivity contribution in [3.63, 3.8) is 0 Å². The third-order valence-electron chi connectivity index (χ3n) is 12.1. The van der Waals surface area contributed by atoms with Gasteiger partial charge in [-0.1, -0.05) is 70.5 Å². The molecule has 4 rings (SSSR count). The molecular formula is C48H68N14O13S2. The average molecular weight is 1110 g/mol. The van der Waals surface area contributed by atoms with E-state index in [0.717, 1.165) is 21.6 Å². The number of hydrazine groups is 1. The third-order valence-corrected chi connectivity index (χ3v) is 14.5. The normalized spacial score (nSPS) is 22.6. The Morgan fingerprint density at radius 2 is 1.26 bits per heavy atom. The molecule has 0 radical (unpaired) electrons. The SMILES string of the molecule is NCCCC[C@H](NN1CCC[C@H]1C(=O)C(=O)[C@@H]1CSSC[C@H](NC(=O)CN)C(=O)N[C@@H](Cc2ccc(O)cc2)C(=O)N[C@@H](Cc2ccccc2)C(=O)N[C@@H](CCC(N)=O)C(=O)N[C@@H](CC(N)=O)C(=O)N1)C(=O)NCC(N)=O. The average Bonchev–Trinajstić information content (AvgIpc) is 3.87. The van der Waals surface area contributed by atoms with Crippen molar-refractivity contribution in [1.29, 1.82) is 0 Å². The maximum Gasteiger partial charge on any atom is 0.244 e. The van der Waals surface area contributed by atoms with Crippen molar-refractivity contribution in [3.8, 4) is 5.75 Å². The Labute approximate surface area is 451 Å². The van der Waals surface area contributed by atoms with Gasteiger partial charge in [0, 0.05) is 37.3 Å². The number of carbonyl (C=O) groups is 12. The number of hydrogen-bond donors (Lipinski definition) is 14. The van der Waals surface area contributed by atoms with Crippen LogP contribution in [-0.2, 0) is 70.4 Å². The fourth-order valence-electron chi connectivity index (χ4n) is 8.09. The molecule has 29 heteroatoms. The van der Waals surface area contributed by atoms with Crippen molar-refractivity contribution in [3.05, 3.63) is 65.7 Å². The molecule has 77 heavy (non-hydrogen) atoms. The van der Waals surface area contributed by atoms with Gasteiger partial charge in [0.2, 0.25) is 70.6 Å². The maximum atomic E-state index is 14.5. The Morgan fingerprint density at radius 3 is 1.87 bits per heavy atom. The van der Waals surface area contributed by atoms with Gasteiger partial charge in [-0.25, -0.2) is 10.4 Å². The number of nitrogens with two attached hydrogens (primary N) is 5. The summed E-state index contributed by atoms with van der Waals surface area (Å²) >= 11 is 0. The summed E-state index contributed by atoms with van der Waals surface area (Å²) in [7, 11) is 1.78. The fourth-order valence-corrected chi connectivity index (χ4v) is 10.4. The van der Waals surface area contributed by atoms with E-state index in [1.807, 2.05) is 0 Å². The van der Waals surface area contributed by atoms with Gasteiger partial charge in [0.1, 0.15) is 48.0 Å². The van der Waals surface area contributed by atoms with Crippen LogP contribution in [0.2, 0.25) is 0 Å². The van der Waals surface area contributed by atoms with Crippen LogP contribution in [0.15, 0.2) is 54.6 Å². The molecule has 27 nitrogen and oxygen atoms in total. The second-order valence-corrected chi connectivity index (χ2v) is 20.7. The van der Waals surface area contributed by atoms with Crippen LogP contribution in [0, 0.1) is 0 Å². The summed E-state index contributed by atoms with van der Waals surface area (Å²) in [6.07, 6.45) is -0.522. The Balaban J connectivity index is 1.78. The summed E-state index contributed by atoms with van der Waals surface area (Å²) in [5.74, 6) is -12.2. The van der Waals surface area contributed by atoms with E-state index in [1.54, 1.807) is 30.3 Å². The van der Waals surface area contributed by atoms with Gasteiger partial charge in [-0.2, -0.15) is 0 Å². The summed E-state index contributed by atoms with van der Waals surface area (Å²) in [5.41, 5.74) is 31.5. The van der Waals surface area contributed by atoms with Crippen LogP contribution in [0.5, 0.6) is 5.75 Å². The second kappa shape index (κ2) is 31.8. The Hall–Kier alpha value is -7.18. The fraction of sp³-hybridized carbons (Fsp3) is 0.500. The number of phenols is 1. The molecule has 10 amide bonds. The number of primary amides is 3. The molecule has 420 valence electrons. The van der Waals surface area contributed by atoms with Gasteiger partial charge in [0.25, 0.3) is 0 Å². The lowest BCUT2D eigenvalue weighted by atomic mass is 10.0. The van der Waals surface area contributed by atoms with E-state index in [1.165, 1.54) is 29.3 Å². The monoisotopic (exact) mass is 1110 g/mol. The van der Waals surface area contributed by atoms with Crippen molar-refractivity contribution in [2.45, 2.75) is 113 Å². The number of carbonyl (C=O) groups excluding carboxylic acids is 12. The van der Waals surface area contributed by atoms with Crippen molar-refractivity contribution >= 4 is 92.2 Å². The first-order chi connectivity index (χ1) is 36.7. The molecule has 2 heterocycles. The highest BCUT2D eigenvalue weighted by Gasteiger charge is 2.41. The molecule has 0 unspecified atom stereocenters. The highest BCUT2D eigenvalue weighted by molar-refractivity contribution is 8.76. The summed E-state index contributed by atoms with van der Waals surface area (Å²) in [5, 5.41) is 28.9. The molecule has 2 fully saturated rings. The van der Waals surface area contributed by atoms with E-state index in [9.17, 15) is 62.6 Å². The summed E-state index contributed by atoms with van der Waals surface area (Å²) in [6, 6.07) is 2.20. The van der Waals surface area contributed by atoms with E-state index in [0.29, 0.717) is 36.9 Å². The lowest BCUT2D eigenvalue weighted by molar-refractivity contribution is -0.142. The minimum absolute atomic E-state index is 0.0955. The number of nitrogens with zero attached hydrogens (tertiary/aromatic N) is 1. The molecule has 2 aromatic rings. The predicted octanol–water partition coefficient (Wildman–Crippen LogP) is -5.21. The summed E-state index contributed by atoms with van der Waals surface area (Å²) in [6.45, 7) is -0.514. The first-order valence-corrected chi connectivity index (χ1v) is 27.2. The minimum atomic E-state index is -1.86. The number of nitrogens with one attached hydrogen (secondary N) is 8. The van der Waals surface area contributed by atoms with Gasteiger partial charge >= 0.3 is 0 Å². The molecule has 0 saturated carbocycles. The van der Waals surface area contributed by atoms with Crippen molar-refractivity contribution < 1.29 is 62.6 Å². The highest BCUT2D eigenvalue weighted by atomic mass is 33.1. The molecule has 0 bridgehead atoms. The molecule has 8 atom stereocenters. The topological polar surface area (TPSA) is 455 Å². The van der Waals surface area contributed by atoms with E-state index in [2.05, 4.69) is 42.6 Å². The van der Waals surface area contributed by atoms with Crippen LogP contribution in [0.25, 0.3) is 0 Å². The van der Waals surface area contributed by atoms with Gasteiger partial charge in [0.15, 0.2) is 0 Å². The number of rotatable bonds is 23. The number of aromatic hydroxyl groups is 1. The first-order valence-electron chi connectivity index (χ1n) is 24.7. The molecular weight excluding hydrogens is 1040 g/mol. The zero-order valence-electron chi connectivity index (χ0n) is 42.1. The van der Waals surface area contributed by atoms with Gasteiger partial charge in [-0.15, -0.1) is 0 Å². The zero-order valence-corrected chi connectivity index (χ0v) is 43.8. The smallest absolute Gasteiger partial charge is 0.244 e. The summed E-state index contributed by atoms with van der Waals surface area (Å²) < 4.78 is 0. The third kappa shape index (κ3) is 21.0. The lowest BCUT2D eigenvalue weighted by Crippen LogP contribution is -2.61. The highest BCUT2D eigenvalue weighted by Crippen LogP contribution is 2.25. The molecule has 2 aromatic carbocycles. The second-order valence-electron chi connectivity index (χ2n) is 18.2. The molecule has 2 aliphatic heterocycles. The Kier molecular flexibility index (Phi) is 25.7. The largest absolute Gasteiger partial charge is 0.508 e. The first kappa shape index (κ1) is 62.4. The van der Waals surface area contributed by atoms with E-state index >= 15 is 0 Å². The summed E-state index contributed by atoms with van der Waals surface area (Å²) in [4.78, 5) is 162. The molecule has 2 saturated heterocycles. The van der Waals surface area contributed by atoms with Crippen molar-refractivity contribution in [1.82, 2.24) is 47.7 Å². The van der Waals surface area contributed by atoms with Crippen LogP contribution in [0.3, 0.4) is 0 Å². The zero-order chi connectivity index (χ0) is 56.6. The quantitative estimate of drug-likeness (QED) is 0.0281. The van der Waals surface area contributed by atoms with Crippen molar-refractivity contribution in [2.75, 3.05) is 37.7 Å². The lowest BCUT2D eigenvalue weighted by Gasteiger charge is -2.30. The molecule has 0 spiro atoms. The molecule has 0 aliphatic carbocycles. The maximum absolute atomic E-state index is 14.5. The van der Waals surface area contributed by atoms with Gasteiger partial charge in [0.05, 0.1) is 25.6 Å². The van der Waals surface area contributed by atoms with Gasteiger partial charge in [-0.05, 0) is 61.9 Å². The molecule has 0 aromatic heterocycles.